The van der Waals surface area contributed by atoms with E-state index in [1.807, 2.05) is 44.2 Å². The fourth-order valence-corrected chi connectivity index (χ4v) is 3.31. The van der Waals surface area contributed by atoms with Crippen molar-refractivity contribution in [2.24, 2.45) is 0 Å². The zero-order valence-electron chi connectivity index (χ0n) is 18.2. The van der Waals surface area contributed by atoms with E-state index >= 15 is 0 Å². The molecule has 0 radical (unpaired) electrons. The molecule has 31 heavy (non-hydrogen) atoms. The molecule has 3 rings (SSSR count). The molecule has 164 valence electrons. The van der Waals surface area contributed by atoms with Crippen molar-refractivity contribution in [1.29, 1.82) is 0 Å². The molecule has 0 atom stereocenters. The molecular formula is C24H28ClN3O3. The second-order valence-electron chi connectivity index (χ2n) is 7.59. The van der Waals surface area contributed by atoms with Crippen molar-refractivity contribution in [2.75, 3.05) is 6.61 Å². The maximum Gasteiger partial charge on any atom is 0.254 e. The molecule has 1 aromatic heterocycles. The fourth-order valence-electron chi connectivity index (χ4n) is 3.10. The third-order valence-corrected chi connectivity index (χ3v) is 5.21. The first-order valence-electron chi connectivity index (χ1n) is 10.6. The first-order chi connectivity index (χ1) is 15.0. The second-order valence-corrected chi connectivity index (χ2v) is 7.99. The highest BCUT2D eigenvalue weighted by Crippen LogP contribution is 2.27. The van der Waals surface area contributed by atoms with E-state index in [4.69, 9.17) is 20.8 Å². The van der Waals surface area contributed by atoms with Crippen molar-refractivity contribution in [1.82, 2.24) is 15.1 Å². The molecule has 0 aliphatic rings. The predicted molar refractivity (Wildman–Crippen MR) is 121 cm³/mol. The van der Waals surface area contributed by atoms with Crippen LogP contribution in [0.1, 0.15) is 56.3 Å². The number of aromatic nitrogens is 2. The first kappa shape index (κ1) is 22.8. The van der Waals surface area contributed by atoms with Crippen LogP contribution < -0.4 is 4.74 Å². The molecule has 0 bridgehead atoms. The summed E-state index contributed by atoms with van der Waals surface area (Å²) in [5.41, 5.74) is 1.25. The van der Waals surface area contributed by atoms with E-state index < -0.39 is 0 Å². The monoisotopic (exact) mass is 441 g/mol. The number of hydrogen-bond acceptors (Lipinski definition) is 5. The molecule has 3 aromatic rings. The number of carbonyl (C=O) groups excluding carboxylic acids is 1. The number of hydrogen-bond donors (Lipinski definition) is 0. The summed E-state index contributed by atoms with van der Waals surface area (Å²) in [6.07, 6.45) is 3.33. The van der Waals surface area contributed by atoms with Gasteiger partial charge in [0.15, 0.2) is 0 Å². The molecule has 0 spiro atoms. The predicted octanol–water partition coefficient (Wildman–Crippen LogP) is 6.01. The highest BCUT2D eigenvalue weighted by atomic mass is 35.5. The van der Waals surface area contributed by atoms with Crippen molar-refractivity contribution < 1.29 is 13.9 Å². The fraction of sp³-hybridized carbons (Fsp3) is 0.375. The smallest absolute Gasteiger partial charge is 0.254 e. The Labute approximate surface area is 188 Å². The number of benzene rings is 2. The Morgan fingerprint density at radius 3 is 2.52 bits per heavy atom. The summed E-state index contributed by atoms with van der Waals surface area (Å²) in [7, 11) is 0. The molecule has 6 nitrogen and oxygen atoms in total. The topological polar surface area (TPSA) is 68.5 Å². The number of rotatable bonds is 10. The Balaban J connectivity index is 1.68. The summed E-state index contributed by atoms with van der Waals surface area (Å²) in [4.78, 5) is 14.8. The third-order valence-electron chi connectivity index (χ3n) is 4.88. The van der Waals surface area contributed by atoms with Gasteiger partial charge in [0.1, 0.15) is 5.75 Å². The van der Waals surface area contributed by atoms with Gasteiger partial charge < -0.3 is 14.1 Å². The minimum atomic E-state index is -0.106. The lowest BCUT2D eigenvalue weighted by Crippen LogP contribution is -2.36. The third kappa shape index (κ3) is 6.07. The molecular weight excluding hydrogens is 414 g/mol. The lowest BCUT2D eigenvalue weighted by Gasteiger charge is -2.25. The van der Waals surface area contributed by atoms with Gasteiger partial charge in [-0.25, -0.2) is 0 Å². The quantitative estimate of drug-likeness (QED) is 0.360. The molecule has 1 heterocycles. The normalized spacial score (nSPS) is 11.0. The summed E-state index contributed by atoms with van der Waals surface area (Å²) in [6.45, 7) is 6.96. The SMILES string of the molecule is CCCCCOc1ccc(C(=O)N(Cc2nnc(-c3ccccc3Cl)o2)C(C)C)cc1. The molecule has 0 unspecified atom stereocenters. The van der Waals surface area contributed by atoms with Crippen LogP contribution in [0.2, 0.25) is 5.02 Å². The summed E-state index contributed by atoms with van der Waals surface area (Å²) >= 11 is 6.21. The maximum absolute atomic E-state index is 13.1. The van der Waals surface area contributed by atoms with Gasteiger partial charge in [-0.1, -0.05) is 43.5 Å². The zero-order chi connectivity index (χ0) is 22.2. The van der Waals surface area contributed by atoms with E-state index in [2.05, 4.69) is 17.1 Å². The number of nitrogens with zero attached hydrogens (tertiary/aromatic N) is 3. The number of unbranched alkanes of at least 4 members (excludes halogenated alkanes) is 2. The minimum Gasteiger partial charge on any atom is -0.494 e. The highest BCUT2D eigenvalue weighted by molar-refractivity contribution is 6.33. The van der Waals surface area contributed by atoms with Crippen LogP contribution in [-0.4, -0.2) is 33.7 Å². The van der Waals surface area contributed by atoms with E-state index in [0.717, 1.165) is 25.0 Å². The van der Waals surface area contributed by atoms with Crippen molar-refractivity contribution in [3.8, 4) is 17.2 Å². The molecule has 0 aliphatic carbocycles. The average Bonchev–Trinajstić information content (AvgIpc) is 3.23. The van der Waals surface area contributed by atoms with Crippen LogP contribution in [0.5, 0.6) is 5.75 Å². The van der Waals surface area contributed by atoms with Crippen LogP contribution >= 0.6 is 11.6 Å². The summed E-state index contributed by atoms with van der Waals surface area (Å²) in [5.74, 6) is 1.35. The van der Waals surface area contributed by atoms with Crippen molar-refractivity contribution in [2.45, 2.75) is 52.6 Å². The van der Waals surface area contributed by atoms with Gasteiger partial charge in [-0.3, -0.25) is 4.79 Å². The Bertz CT molecular complexity index is 986. The zero-order valence-corrected chi connectivity index (χ0v) is 18.9. The van der Waals surface area contributed by atoms with Crippen LogP contribution in [-0.2, 0) is 6.54 Å². The van der Waals surface area contributed by atoms with Gasteiger partial charge in [-0.15, -0.1) is 10.2 Å². The number of carbonyl (C=O) groups is 1. The van der Waals surface area contributed by atoms with Crippen LogP contribution in [0, 0.1) is 0 Å². The summed E-state index contributed by atoms with van der Waals surface area (Å²) < 4.78 is 11.5. The van der Waals surface area contributed by atoms with Crippen molar-refractivity contribution in [3.05, 3.63) is 65.0 Å². The van der Waals surface area contributed by atoms with E-state index in [9.17, 15) is 4.79 Å². The van der Waals surface area contributed by atoms with E-state index in [1.165, 1.54) is 0 Å². The lowest BCUT2D eigenvalue weighted by molar-refractivity contribution is 0.0672. The molecule has 0 saturated heterocycles. The molecule has 0 saturated carbocycles. The molecule has 0 aliphatic heterocycles. The van der Waals surface area contributed by atoms with E-state index in [-0.39, 0.29) is 18.5 Å². The number of ether oxygens (including phenoxy) is 1. The molecule has 7 heteroatoms. The standard InChI is InChI=1S/C24H28ClN3O3/c1-4-5-8-15-30-19-13-11-18(12-14-19)24(29)28(17(2)3)16-22-26-27-23(31-22)20-9-6-7-10-21(20)25/h6-7,9-14,17H,4-5,8,15-16H2,1-3H3. The molecule has 0 fully saturated rings. The minimum absolute atomic E-state index is 0.0480. The Morgan fingerprint density at radius 1 is 1.10 bits per heavy atom. The summed E-state index contributed by atoms with van der Waals surface area (Å²) in [5, 5.41) is 8.73. The summed E-state index contributed by atoms with van der Waals surface area (Å²) in [6, 6.07) is 14.5. The Kier molecular flexibility index (Phi) is 8.06. The molecule has 0 N–H and O–H groups in total. The molecule has 1 amide bonds. The number of halogens is 1. The largest absolute Gasteiger partial charge is 0.494 e. The highest BCUT2D eigenvalue weighted by Gasteiger charge is 2.22. The van der Waals surface area contributed by atoms with Crippen LogP contribution in [0.3, 0.4) is 0 Å². The lowest BCUT2D eigenvalue weighted by atomic mass is 10.1. The van der Waals surface area contributed by atoms with E-state index in [1.54, 1.807) is 23.1 Å². The van der Waals surface area contributed by atoms with Gasteiger partial charge in [-0.05, 0) is 56.7 Å². The Morgan fingerprint density at radius 2 is 1.84 bits per heavy atom. The van der Waals surface area contributed by atoms with Crippen LogP contribution in [0.4, 0.5) is 0 Å². The first-order valence-corrected chi connectivity index (χ1v) is 11.0. The van der Waals surface area contributed by atoms with Crippen molar-refractivity contribution in [3.63, 3.8) is 0 Å². The van der Waals surface area contributed by atoms with Crippen LogP contribution in [0.15, 0.2) is 52.9 Å². The van der Waals surface area contributed by atoms with Gasteiger partial charge in [0.2, 0.25) is 11.8 Å². The van der Waals surface area contributed by atoms with Crippen molar-refractivity contribution >= 4 is 17.5 Å². The second kappa shape index (κ2) is 11.0. The van der Waals surface area contributed by atoms with Gasteiger partial charge in [0.05, 0.1) is 23.7 Å². The van der Waals surface area contributed by atoms with Gasteiger partial charge in [0, 0.05) is 11.6 Å². The maximum atomic E-state index is 13.1. The van der Waals surface area contributed by atoms with Gasteiger partial charge in [-0.2, -0.15) is 0 Å². The Hall–Kier alpha value is -2.86. The molecule has 2 aromatic carbocycles. The van der Waals surface area contributed by atoms with Crippen LogP contribution in [0.25, 0.3) is 11.5 Å². The van der Waals surface area contributed by atoms with Gasteiger partial charge >= 0.3 is 0 Å². The number of amides is 1. The van der Waals surface area contributed by atoms with Gasteiger partial charge in [0.25, 0.3) is 5.91 Å². The average molecular weight is 442 g/mol. The van der Waals surface area contributed by atoms with E-state index in [0.29, 0.717) is 34.5 Å².